The van der Waals surface area contributed by atoms with Crippen LogP contribution in [0.5, 0.6) is 0 Å². The molecule has 0 radical (unpaired) electrons. The Labute approximate surface area is 218 Å². The second-order valence-corrected chi connectivity index (χ2v) is 9.34. The highest BCUT2D eigenvalue weighted by Crippen LogP contribution is 2.31. The van der Waals surface area contributed by atoms with Crippen molar-refractivity contribution in [2.24, 2.45) is 0 Å². The van der Waals surface area contributed by atoms with Gasteiger partial charge in [-0.05, 0) is 63.1 Å². The van der Waals surface area contributed by atoms with E-state index in [0.29, 0.717) is 29.4 Å². The van der Waals surface area contributed by atoms with Gasteiger partial charge in [-0.15, -0.1) is 0 Å². The molecule has 0 aliphatic carbocycles. The minimum Gasteiger partial charge on any atom is -0.365 e. The first-order valence-electron chi connectivity index (χ1n) is 11.8. The smallest absolute Gasteiger partial charge is 0.289 e. The van der Waals surface area contributed by atoms with Crippen LogP contribution in [0.2, 0.25) is 5.02 Å². The largest absolute Gasteiger partial charge is 0.365 e. The van der Waals surface area contributed by atoms with E-state index in [0.717, 1.165) is 50.5 Å². The quantitative estimate of drug-likeness (QED) is 0.264. The predicted molar refractivity (Wildman–Crippen MR) is 143 cm³/mol. The van der Waals surface area contributed by atoms with Gasteiger partial charge < -0.3 is 15.2 Å². The van der Waals surface area contributed by atoms with Crippen molar-refractivity contribution < 1.29 is 9.32 Å². The number of carbonyl (C=O) groups excluding carboxylic acids is 1. The lowest BCUT2D eigenvalue weighted by Gasteiger charge is -2.13. The normalized spacial score (nSPS) is 11.2. The van der Waals surface area contributed by atoms with E-state index in [4.69, 9.17) is 16.1 Å². The fourth-order valence-electron chi connectivity index (χ4n) is 4.33. The van der Waals surface area contributed by atoms with Gasteiger partial charge in [0.05, 0.1) is 16.9 Å². The summed E-state index contributed by atoms with van der Waals surface area (Å²) in [5.74, 6) is 0.971. The third kappa shape index (κ3) is 5.03. The maximum atomic E-state index is 13.1. The minimum absolute atomic E-state index is 0.0741. The number of benzene rings is 2. The number of H-pyrrole nitrogens is 1. The van der Waals surface area contributed by atoms with Crippen molar-refractivity contribution in [3.63, 3.8) is 0 Å². The van der Waals surface area contributed by atoms with E-state index in [1.54, 1.807) is 0 Å². The molecule has 10 heteroatoms. The topological polar surface area (TPSA) is 122 Å². The number of fused-ring (bicyclic) bond motifs is 1. The second-order valence-electron chi connectivity index (χ2n) is 8.91. The predicted octanol–water partition coefficient (Wildman–Crippen LogP) is 5.44. The number of rotatable bonds is 7. The fraction of sp³-hybridized carbons (Fsp3) is 0.222. The second kappa shape index (κ2) is 10.0. The highest BCUT2D eigenvalue weighted by molar-refractivity contribution is 6.30. The molecule has 0 spiro atoms. The molecule has 0 fully saturated rings. The molecule has 188 valence electrons. The van der Waals surface area contributed by atoms with Crippen LogP contribution >= 0.6 is 11.6 Å². The average molecular weight is 516 g/mol. The summed E-state index contributed by atoms with van der Waals surface area (Å²) < 4.78 is 5.36. The number of nitrogens with one attached hydrogen (secondary N) is 3. The van der Waals surface area contributed by atoms with Crippen LogP contribution in [-0.2, 0) is 13.1 Å². The Morgan fingerprint density at radius 2 is 1.86 bits per heavy atom. The lowest BCUT2D eigenvalue weighted by atomic mass is 10.0. The number of aromatic nitrogens is 5. The van der Waals surface area contributed by atoms with Crippen LogP contribution in [0.1, 0.15) is 44.6 Å². The molecule has 3 N–H and O–H groups in total. The zero-order valence-electron chi connectivity index (χ0n) is 20.9. The van der Waals surface area contributed by atoms with Crippen LogP contribution in [0.4, 0.5) is 5.82 Å². The third-order valence-corrected chi connectivity index (χ3v) is 6.51. The van der Waals surface area contributed by atoms with Gasteiger partial charge in [-0.3, -0.25) is 9.89 Å². The Bertz CT molecular complexity index is 1580. The summed E-state index contributed by atoms with van der Waals surface area (Å²) >= 11 is 6.17. The third-order valence-electron chi connectivity index (χ3n) is 6.28. The molecular formula is C27H26ClN7O2. The van der Waals surface area contributed by atoms with Gasteiger partial charge in [-0.1, -0.05) is 35.0 Å². The van der Waals surface area contributed by atoms with E-state index in [9.17, 15) is 4.79 Å². The van der Waals surface area contributed by atoms with Crippen molar-refractivity contribution in [1.82, 2.24) is 30.6 Å². The summed E-state index contributed by atoms with van der Waals surface area (Å²) in [4.78, 5) is 22.3. The molecule has 3 aromatic heterocycles. The SMILES string of the molecule is Cc1n[nH]c(C)c1CNC(=O)c1nc(NCc2cccc(Cl)c2)c2cc(-c3c(C)noc3C)ccc2n1. The Morgan fingerprint density at radius 1 is 1.03 bits per heavy atom. The number of hydrogen-bond donors (Lipinski definition) is 3. The van der Waals surface area contributed by atoms with Gasteiger partial charge >= 0.3 is 0 Å². The van der Waals surface area contributed by atoms with E-state index in [-0.39, 0.29) is 11.7 Å². The number of amides is 1. The first kappa shape index (κ1) is 24.5. The number of halogens is 1. The molecule has 0 bridgehead atoms. The molecule has 0 saturated heterocycles. The number of carbonyl (C=O) groups is 1. The van der Waals surface area contributed by atoms with Crippen LogP contribution in [-0.4, -0.2) is 31.2 Å². The van der Waals surface area contributed by atoms with Gasteiger partial charge in [0.25, 0.3) is 5.91 Å². The molecule has 9 nitrogen and oxygen atoms in total. The molecule has 0 aliphatic rings. The van der Waals surface area contributed by atoms with Crippen LogP contribution in [0.15, 0.2) is 47.0 Å². The highest BCUT2D eigenvalue weighted by Gasteiger charge is 2.18. The van der Waals surface area contributed by atoms with Crippen LogP contribution in [0, 0.1) is 27.7 Å². The molecular weight excluding hydrogens is 490 g/mol. The molecule has 0 atom stereocenters. The lowest BCUT2D eigenvalue weighted by molar-refractivity contribution is 0.0941. The summed E-state index contributed by atoms with van der Waals surface area (Å²) in [6.07, 6.45) is 0. The first-order chi connectivity index (χ1) is 17.8. The molecule has 1 amide bonds. The van der Waals surface area contributed by atoms with Crippen molar-refractivity contribution in [3.05, 3.63) is 87.3 Å². The summed E-state index contributed by atoms with van der Waals surface area (Å²) in [5, 5.41) is 18.9. The molecule has 0 unspecified atom stereocenters. The van der Waals surface area contributed by atoms with Gasteiger partial charge in [0, 0.05) is 40.3 Å². The Balaban J connectivity index is 1.51. The van der Waals surface area contributed by atoms with Gasteiger partial charge in [-0.2, -0.15) is 5.10 Å². The molecule has 5 aromatic rings. The Kier molecular flexibility index (Phi) is 6.62. The summed E-state index contributed by atoms with van der Waals surface area (Å²) in [7, 11) is 0. The van der Waals surface area contributed by atoms with Crippen LogP contribution in [0.3, 0.4) is 0 Å². The van der Waals surface area contributed by atoms with E-state index >= 15 is 0 Å². The lowest BCUT2D eigenvalue weighted by Crippen LogP contribution is -2.26. The minimum atomic E-state index is -0.373. The Morgan fingerprint density at radius 3 is 2.57 bits per heavy atom. The summed E-state index contributed by atoms with van der Waals surface area (Å²) in [5.41, 5.74) is 6.97. The molecule has 3 heterocycles. The highest BCUT2D eigenvalue weighted by atomic mass is 35.5. The number of anilines is 1. The van der Waals surface area contributed by atoms with Crippen LogP contribution < -0.4 is 10.6 Å². The number of nitrogens with zero attached hydrogens (tertiary/aromatic N) is 4. The summed E-state index contributed by atoms with van der Waals surface area (Å²) in [6.45, 7) is 8.39. The maximum Gasteiger partial charge on any atom is 0.289 e. The molecule has 37 heavy (non-hydrogen) atoms. The van der Waals surface area contributed by atoms with Crippen molar-refractivity contribution in [1.29, 1.82) is 0 Å². The van der Waals surface area contributed by atoms with E-state index < -0.39 is 0 Å². The van der Waals surface area contributed by atoms with Gasteiger partial charge in [-0.25, -0.2) is 9.97 Å². The molecule has 0 aliphatic heterocycles. The van der Waals surface area contributed by atoms with Crippen LogP contribution in [0.25, 0.3) is 22.0 Å². The van der Waals surface area contributed by atoms with E-state index in [1.165, 1.54) is 0 Å². The Hall–Kier alpha value is -4.24. The number of aromatic amines is 1. The van der Waals surface area contributed by atoms with Crippen molar-refractivity contribution >= 4 is 34.2 Å². The zero-order valence-corrected chi connectivity index (χ0v) is 21.7. The number of aryl methyl sites for hydroxylation is 4. The zero-order chi connectivity index (χ0) is 26.1. The fourth-order valence-corrected chi connectivity index (χ4v) is 4.54. The van der Waals surface area contributed by atoms with E-state index in [2.05, 4.69) is 36.0 Å². The van der Waals surface area contributed by atoms with E-state index in [1.807, 2.05) is 70.2 Å². The van der Waals surface area contributed by atoms with Gasteiger partial charge in [0.15, 0.2) is 0 Å². The van der Waals surface area contributed by atoms with Gasteiger partial charge in [0.2, 0.25) is 5.82 Å². The molecule has 0 saturated carbocycles. The molecule has 2 aromatic carbocycles. The monoisotopic (exact) mass is 515 g/mol. The maximum absolute atomic E-state index is 13.1. The average Bonchev–Trinajstić information content (AvgIpc) is 3.39. The van der Waals surface area contributed by atoms with Gasteiger partial charge in [0.1, 0.15) is 11.6 Å². The first-order valence-corrected chi connectivity index (χ1v) is 12.2. The van der Waals surface area contributed by atoms with Crippen molar-refractivity contribution in [3.8, 4) is 11.1 Å². The standard InChI is InChI=1S/C27H26ClN7O2/c1-14-22(15(2)34-33-14)13-30-27(36)26-31-23-9-8-19(24-16(3)35-37-17(24)4)11-21(23)25(32-26)29-12-18-6-5-7-20(28)10-18/h5-11H,12-13H2,1-4H3,(H,30,36)(H,33,34)(H,29,31,32). The summed E-state index contributed by atoms with van der Waals surface area (Å²) in [6, 6.07) is 13.4. The molecule has 5 rings (SSSR count). The van der Waals surface area contributed by atoms with Crippen molar-refractivity contribution in [2.75, 3.05) is 5.32 Å². The number of hydrogen-bond acceptors (Lipinski definition) is 7. The van der Waals surface area contributed by atoms with Crippen molar-refractivity contribution in [2.45, 2.75) is 40.8 Å².